The van der Waals surface area contributed by atoms with Gasteiger partial charge in [-0.2, -0.15) is 0 Å². The zero-order valence-electron chi connectivity index (χ0n) is 12.6. The number of aromatic nitrogens is 1. The Morgan fingerprint density at radius 3 is 2.52 bits per heavy atom. The Kier molecular flexibility index (Phi) is 5.33. The highest BCUT2D eigenvalue weighted by atomic mass is 32.1. The van der Waals surface area contributed by atoms with Gasteiger partial charge in [0.15, 0.2) is 5.13 Å². The van der Waals surface area contributed by atoms with Gasteiger partial charge >= 0.3 is 5.97 Å². The third-order valence-corrected chi connectivity index (χ3v) is 4.14. The summed E-state index contributed by atoms with van der Waals surface area (Å²) in [6.07, 6.45) is 2.15. The maximum Gasteiger partial charge on any atom is 0.311 e. The van der Waals surface area contributed by atoms with Crippen LogP contribution in [0.25, 0.3) is 0 Å². The molecular weight excluding hydrogens is 284 g/mol. The van der Waals surface area contributed by atoms with Gasteiger partial charge in [-0.15, -0.1) is 11.3 Å². The molecule has 0 fully saturated rings. The van der Waals surface area contributed by atoms with Crippen molar-refractivity contribution in [3.8, 4) is 0 Å². The van der Waals surface area contributed by atoms with E-state index in [0.29, 0.717) is 0 Å². The van der Waals surface area contributed by atoms with Crippen molar-refractivity contribution in [2.75, 3.05) is 12.4 Å². The van der Waals surface area contributed by atoms with E-state index < -0.39 is 0 Å². The largest absolute Gasteiger partial charge is 0.469 e. The maximum absolute atomic E-state index is 11.3. The number of thiazole rings is 1. The van der Waals surface area contributed by atoms with Crippen LogP contribution in [0.5, 0.6) is 0 Å². The maximum atomic E-state index is 11.3. The van der Waals surface area contributed by atoms with Crippen LogP contribution in [-0.2, 0) is 28.8 Å². The van der Waals surface area contributed by atoms with Crippen LogP contribution in [0.15, 0.2) is 23.6 Å². The van der Waals surface area contributed by atoms with Crippen molar-refractivity contribution >= 4 is 28.1 Å². The molecule has 0 amide bonds. The Balaban J connectivity index is 2.20. The minimum atomic E-state index is -0.268. The number of hydrogen-bond acceptors (Lipinski definition) is 5. The molecule has 21 heavy (non-hydrogen) atoms. The summed E-state index contributed by atoms with van der Waals surface area (Å²) < 4.78 is 4.66. The summed E-state index contributed by atoms with van der Waals surface area (Å²) in [5.41, 5.74) is 4.43. The second-order valence-corrected chi connectivity index (χ2v) is 5.54. The number of methoxy groups -OCH3 is 1. The fourth-order valence-corrected chi connectivity index (χ4v) is 2.89. The molecule has 1 N–H and O–H groups in total. The zero-order valence-corrected chi connectivity index (χ0v) is 13.4. The highest BCUT2D eigenvalue weighted by Gasteiger charge is 2.11. The molecule has 112 valence electrons. The molecule has 0 aliphatic rings. The second-order valence-electron chi connectivity index (χ2n) is 4.68. The van der Waals surface area contributed by atoms with Crippen molar-refractivity contribution < 1.29 is 9.53 Å². The number of hydrogen-bond donors (Lipinski definition) is 1. The third kappa shape index (κ3) is 3.82. The molecule has 2 rings (SSSR count). The van der Waals surface area contributed by atoms with Crippen molar-refractivity contribution in [3.63, 3.8) is 0 Å². The molecule has 2 aromatic rings. The van der Waals surface area contributed by atoms with Gasteiger partial charge in [0.05, 0.1) is 19.2 Å². The summed E-state index contributed by atoms with van der Waals surface area (Å²) in [6.45, 7) is 4.29. The summed E-state index contributed by atoms with van der Waals surface area (Å²) in [5, 5.41) is 6.11. The number of esters is 1. The van der Waals surface area contributed by atoms with Gasteiger partial charge in [0, 0.05) is 11.1 Å². The van der Waals surface area contributed by atoms with Crippen LogP contribution in [0.1, 0.15) is 30.7 Å². The van der Waals surface area contributed by atoms with E-state index in [1.807, 2.05) is 5.38 Å². The molecule has 0 spiro atoms. The van der Waals surface area contributed by atoms with E-state index in [9.17, 15) is 4.79 Å². The number of anilines is 2. The van der Waals surface area contributed by atoms with Gasteiger partial charge in [0.1, 0.15) is 0 Å². The molecule has 1 aromatic carbocycles. The van der Waals surface area contributed by atoms with Gasteiger partial charge in [-0.25, -0.2) is 4.98 Å². The summed E-state index contributed by atoms with van der Waals surface area (Å²) >= 11 is 1.51. The van der Waals surface area contributed by atoms with E-state index >= 15 is 0 Å². The first-order valence-electron chi connectivity index (χ1n) is 7.06. The van der Waals surface area contributed by atoms with Crippen LogP contribution in [0.3, 0.4) is 0 Å². The Hall–Kier alpha value is -1.88. The molecule has 0 saturated heterocycles. The van der Waals surface area contributed by atoms with Crippen molar-refractivity contribution in [2.24, 2.45) is 0 Å². The first-order chi connectivity index (χ1) is 10.2. The van der Waals surface area contributed by atoms with Gasteiger partial charge in [0.25, 0.3) is 0 Å². The molecule has 0 aliphatic carbocycles. The third-order valence-electron chi connectivity index (χ3n) is 3.34. The van der Waals surface area contributed by atoms with Gasteiger partial charge in [-0.3, -0.25) is 4.79 Å². The van der Waals surface area contributed by atoms with E-state index in [4.69, 9.17) is 0 Å². The minimum Gasteiger partial charge on any atom is -0.469 e. The van der Waals surface area contributed by atoms with Crippen LogP contribution in [0, 0.1) is 0 Å². The fourth-order valence-electron chi connectivity index (χ4n) is 2.18. The molecule has 0 saturated carbocycles. The average molecular weight is 304 g/mol. The number of benzene rings is 1. The molecule has 1 aromatic heterocycles. The van der Waals surface area contributed by atoms with E-state index in [-0.39, 0.29) is 12.4 Å². The van der Waals surface area contributed by atoms with Crippen molar-refractivity contribution in [3.05, 3.63) is 40.4 Å². The number of rotatable bonds is 6. The normalized spacial score (nSPS) is 10.4. The smallest absolute Gasteiger partial charge is 0.311 e. The number of ether oxygens (including phenoxy) is 1. The van der Waals surface area contributed by atoms with E-state index in [0.717, 1.165) is 29.4 Å². The predicted octanol–water partition coefficient (Wildman–Crippen LogP) is 3.73. The second kappa shape index (κ2) is 7.22. The number of nitrogens with one attached hydrogen (secondary N) is 1. The summed E-state index contributed by atoms with van der Waals surface area (Å²) in [6, 6.07) is 6.35. The van der Waals surface area contributed by atoms with Crippen LogP contribution in [0.2, 0.25) is 0 Å². The van der Waals surface area contributed by atoms with Gasteiger partial charge < -0.3 is 10.1 Å². The first-order valence-corrected chi connectivity index (χ1v) is 7.94. The number of carbonyl (C=O) groups excluding carboxylic acids is 1. The molecule has 0 bridgehead atoms. The lowest BCUT2D eigenvalue weighted by Gasteiger charge is -2.13. The fraction of sp³-hybridized carbons (Fsp3) is 0.375. The Labute approximate surface area is 129 Å². The van der Waals surface area contributed by atoms with Crippen LogP contribution < -0.4 is 5.32 Å². The van der Waals surface area contributed by atoms with Crippen molar-refractivity contribution in [1.82, 2.24) is 4.98 Å². The molecule has 1 heterocycles. The van der Waals surface area contributed by atoms with Gasteiger partial charge in [0.2, 0.25) is 0 Å². The predicted molar refractivity (Wildman–Crippen MR) is 86.3 cm³/mol. The summed E-state index contributed by atoms with van der Waals surface area (Å²) in [5.74, 6) is -0.268. The standard InChI is InChI=1S/C16H20N2O2S/c1-4-11-7-6-8-12(5-2)15(11)18-16-17-13(10-21-16)9-14(19)20-3/h6-8,10H,4-5,9H2,1-3H3,(H,17,18). The van der Waals surface area contributed by atoms with Gasteiger partial charge in [-0.05, 0) is 24.0 Å². The van der Waals surface area contributed by atoms with Crippen LogP contribution >= 0.6 is 11.3 Å². The molecular formula is C16H20N2O2S. The molecule has 0 unspecified atom stereocenters. The number of para-hydroxylation sites is 1. The SMILES string of the molecule is CCc1cccc(CC)c1Nc1nc(CC(=O)OC)cs1. The molecule has 0 radical (unpaired) electrons. The number of nitrogens with zero attached hydrogens (tertiary/aromatic N) is 1. The Morgan fingerprint density at radius 1 is 1.29 bits per heavy atom. The zero-order chi connectivity index (χ0) is 15.2. The molecule has 4 nitrogen and oxygen atoms in total. The quantitative estimate of drug-likeness (QED) is 0.826. The average Bonchev–Trinajstić information content (AvgIpc) is 2.94. The Morgan fingerprint density at radius 2 is 1.95 bits per heavy atom. The van der Waals surface area contributed by atoms with Crippen molar-refractivity contribution in [2.45, 2.75) is 33.1 Å². The highest BCUT2D eigenvalue weighted by molar-refractivity contribution is 7.13. The molecule has 5 heteroatoms. The minimum absolute atomic E-state index is 0.213. The first kappa shape index (κ1) is 15.5. The lowest BCUT2D eigenvalue weighted by molar-refractivity contribution is -0.139. The van der Waals surface area contributed by atoms with Crippen LogP contribution in [0.4, 0.5) is 10.8 Å². The molecule has 0 aliphatic heterocycles. The molecule has 0 atom stereocenters. The van der Waals surface area contributed by atoms with E-state index in [2.05, 4.69) is 47.1 Å². The monoisotopic (exact) mass is 304 g/mol. The lowest BCUT2D eigenvalue weighted by atomic mass is 10.0. The topological polar surface area (TPSA) is 51.2 Å². The van der Waals surface area contributed by atoms with Gasteiger partial charge in [-0.1, -0.05) is 32.0 Å². The summed E-state index contributed by atoms with van der Waals surface area (Å²) in [7, 11) is 1.39. The van der Waals surface area contributed by atoms with Crippen LogP contribution in [-0.4, -0.2) is 18.1 Å². The number of carbonyl (C=O) groups is 1. The highest BCUT2D eigenvalue weighted by Crippen LogP contribution is 2.28. The van der Waals surface area contributed by atoms with E-state index in [1.165, 1.54) is 29.6 Å². The van der Waals surface area contributed by atoms with E-state index in [1.54, 1.807) is 0 Å². The van der Waals surface area contributed by atoms with Crippen molar-refractivity contribution in [1.29, 1.82) is 0 Å². The summed E-state index contributed by atoms with van der Waals surface area (Å²) in [4.78, 5) is 15.7. The number of aryl methyl sites for hydroxylation is 2. The lowest BCUT2D eigenvalue weighted by Crippen LogP contribution is -2.05. The Bertz CT molecular complexity index is 600.